The fourth-order valence-electron chi connectivity index (χ4n) is 2.67. The van der Waals surface area contributed by atoms with Crippen molar-refractivity contribution in [3.63, 3.8) is 0 Å². The van der Waals surface area contributed by atoms with Gasteiger partial charge in [-0.15, -0.1) is 0 Å². The molecule has 2 aliphatic carbocycles. The summed E-state index contributed by atoms with van der Waals surface area (Å²) >= 11 is 0. The Morgan fingerprint density at radius 2 is 1.82 bits per heavy atom. The first-order valence-electron chi connectivity index (χ1n) is 7.34. The molecule has 0 aromatic carbocycles. The second-order valence-corrected chi connectivity index (χ2v) is 5.63. The molecule has 2 saturated carbocycles. The van der Waals surface area contributed by atoms with Gasteiger partial charge >= 0.3 is 0 Å². The highest BCUT2D eigenvalue weighted by atomic mass is 16.1. The van der Waals surface area contributed by atoms with Gasteiger partial charge in [-0.25, -0.2) is 0 Å². The highest BCUT2D eigenvalue weighted by Gasteiger charge is 2.22. The normalized spacial score (nSPS) is 20.7. The van der Waals surface area contributed by atoms with Crippen molar-refractivity contribution in [2.24, 2.45) is 5.92 Å². The maximum absolute atomic E-state index is 11.4. The Morgan fingerprint density at radius 3 is 2.53 bits per heavy atom. The average Bonchev–Trinajstić information content (AvgIpc) is 2.96. The van der Waals surface area contributed by atoms with Gasteiger partial charge in [0.15, 0.2) is 0 Å². The van der Waals surface area contributed by atoms with E-state index in [0.717, 1.165) is 19.0 Å². The maximum Gasteiger partial charge on any atom is 0.221 e. The highest BCUT2D eigenvalue weighted by Crippen LogP contribution is 2.28. The van der Waals surface area contributed by atoms with Gasteiger partial charge in [0, 0.05) is 19.0 Å². The number of rotatable bonds is 8. The van der Waals surface area contributed by atoms with Crippen molar-refractivity contribution in [1.82, 2.24) is 10.6 Å². The molecule has 0 aliphatic heterocycles. The van der Waals surface area contributed by atoms with Crippen molar-refractivity contribution in [2.75, 3.05) is 13.1 Å². The minimum Gasteiger partial charge on any atom is -0.353 e. The number of carbonyl (C=O) groups is 1. The van der Waals surface area contributed by atoms with E-state index in [1.165, 1.54) is 51.4 Å². The molecular formula is C14H26N2O. The number of amides is 1. The van der Waals surface area contributed by atoms with Gasteiger partial charge in [0.2, 0.25) is 5.91 Å². The molecule has 0 saturated heterocycles. The molecule has 0 aromatic rings. The minimum absolute atomic E-state index is 0.218. The fraction of sp³-hybridized carbons (Fsp3) is 0.929. The maximum atomic E-state index is 11.4. The van der Waals surface area contributed by atoms with E-state index in [1.807, 2.05) is 0 Å². The topological polar surface area (TPSA) is 41.1 Å². The molecule has 3 heteroatoms. The van der Waals surface area contributed by atoms with Gasteiger partial charge in [0.05, 0.1) is 0 Å². The lowest BCUT2D eigenvalue weighted by Crippen LogP contribution is -2.29. The van der Waals surface area contributed by atoms with E-state index in [1.54, 1.807) is 0 Å². The molecule has 2 fully saturated rings. The number of hydrogen-bond donors (Lipinski definition) is 2. The molecule has 2 rings (SSSR count). The van der Waals surface area contributed by atoms with Crippen LogP contribution in [0.2, 0.25) is 0 Å². The highest BCUT2D eigenvalue weighted by molar-refractivity contribution is 5.76. The Hall–Kier alpha value is -0.570. The van der Waals surface area contributed by atoms with Gasteiger partial charge in [-0.2, -0.15) is 0 Å². The third-order valence-corrected chi connectivity index (χ3v) is 3.91. The minimum atomic E-state index is 0.218. The zero-order chi connectivity index (χ0) is 11.9. The van der Waals surface area contributed by atoms with Crippen LogP contribution >= 0.6 is 0 Å². The van der Waals surface area contributed by atoms with Crippen molar-refractivity contribution in [3.05, 3.63) is 0 Å². The standard InChI is InChI=1S/C14H26N2O/c17-14(16-13-7-8-13)9-11-15-10-3-6-12-4-1-2-5-12/h12-13,15H,1-11H2,(H,16,17). The van der Waals surface area contributed by atoms with Crippen LogP contribution in [0.5, 0.6) is 0 Å². The van der Waals surface area contributed by atoms with Crippen molar-refractivity contribution in [1.29, 1.82) is 0 Å². The quantitative estimate of drug-likeness (QED) is 0.637. The van der Waals surface area contributed by atoms with E-state index in [4.69, 9.17) is 0 Å². The molecule has 0 atom stereocenters. The van der Waals surface area contributed by atoms with Crippen LogP contribution in [0.3, 0.4) is 0 Å². The van der Waals surface area contributed by atoms with Crippen LogP contribution in [0.4, 0.5) is 0 Å². The smallest absolute Gasteiger partial charge is 0.221 e. The summed E-state index contributed by atoms with van der Waals surface area (Å²) in [4.78, 5) is 11.4. The third kappa shape index (κ3) is 5.53. The first kappa shape index (κ1) is 12.9. The third-order valence-electron chi connectivity index (χ3n) is 3.91. The summed E-state index contributed by atoms with van der Waals surface area (Å²) in [5, 5.41) is 6.38. The summed E-state index contributed by atoms with van der Waals surface area (Å²) in [5.41, 5.74) is 0. The molecule has 3 nitrogen and oxygen atoms in total. The molecule has 98 valence electrons. The summed E-state index contributed by atoms with van der Waals surface area (Å²) in [7, 11) is 0. The summed E-state index contributed by atoms with van der Waals surface area (Å²) in [6.45, 7) is 1.91. The van der Waals surface area contributed by atoms with E-state index in [-0.39, 0.29) is 5.91 Å². The second kappa shape index (κ2) is 7.00. The monoisotopic (exact) mass is 238 g/mol. The second-order valence-electron chi connectivity index (χ2n) is 5.63. The lowest BCUT2D eigenvalue weighted by Gasteiger charge is -2.09. The van der Waals surface area contributed by atoms with Gasteiger partial charge < -0.3 is 10.6 Å². The predicted molar refractivity (Wildman–Crippen MR) is 69.8 cm³/mol. The number of nitrogens with one attached hydrogen (secondary N) is 2. The first-order chi connectivity index (χ1) is 8.34. The van der Waals surface area contributed by atoms with Crippen LogP contribution in [-0.4, -0.2) is 25.0 Å². The van der Waals surface area contributed by atoms with E-state index < -0.39 is 0 Å². The van der Waals surface area contributed by atoms with Crippen LogP contribution in [0.1, 0.15) is 57.8 Å². The van der Waals surface area contributed by atoms with E-state index >= 15 is 0 Å². The zero-order valence-corrected chi connectivity index (χ0v) is 10.8. The fourth-order valence-corrected chi connectivity index (χ4v) is 2.67. The van der Waals surface area contributed by atoms with Gasteiger partial charge in [-0.3, -0.25) is 4.79 Å². The lowest BCUT2D eigenvalue weighted by atomic mass is 10.0. The van der Waals surface area contributed by atoms with E-state index in [9.17, 15) is 4.79 Å². The average molecular weight is 238 g/mol. The largest absolute Gasteiger partial charge is 0.353 e. The van der Waals surface area contributed by atoms with Gasteiger partial charge in [0.1, 0.15) is 0 Å². The van der Waals surface area contributed by atoms with Crippen molar-refractivity contribution in [2.45, 2.75) is 63.8 Å². The molecule has 0 radical (unpaired) electrons. The van der Waals surface area contributed by atoms with Gasteiger partial charge in [-0.1, -0.05) is 25.7 Å². The summed E-state index contributed by atoms with van der Waals surface area (Å²) in [6, 6.07) is 0.505. The van der Waals surface area contributed by atoms with E-state index in [2.05, 4.69) is 10.6 Å². The zero-order valence-electron chi connectivity index (χ0n) is 10.8. The summed E-state index contributed by atoms with van der Waals surface area (Å²) in [6.07, 6.45) is 11.4. The van der Waals surface area contributed by atoms with Crippen molar-refractivity contribution >= 4 is 5.91 Å². The van der Waals surface area contributed by atoms with Gasteiger partial charge in [-0.05, 0) is 38.1 Å². The molecule has 0 bridgehead atoms. The molecule has 0 heterocycles. The Labute approximate surface area is 105 Å². The molecule has 0 unspecified atom stereocenters. The number of carbonyl (C=O) groups excluding carboxylic acids is 1. The molecule has 1 amide bonds. The molecule has 2 N–H and O–H groups in total. The van der Waals surface area contributed by atoms with Crippen LogP contribution < -0.4 is 10.6 Å². The SMILES string of the molecule is O=C(CCNCCCC1CCCC1)NC1CC1. The van der Waals surface area contributed by atoms with Crippen LogP contribution in [0, 0.1) is 5.92 Å². The van der Waals surface area contributed by atoms with Crippen LogP contribution in [0.25, 0.3) is 0 Å². The van der Waals surface area contributed by atoms with Gasteiger partial charge in [0.25, 0.3) is 0 Å². The summed E-state index contributed by atoms with van der Waals surface area (Å²) in [5.74, 6) is 1.21. The Bertz CT molecular complexity index is 232. The van der Waals surface area contributed by atoms with Crippen LogP contribution in [-0.2, 0) is 4.79 Å². The van der Waals surface area contributed by atoms with Crippen LogP contribution in [0.15, 0.2) is 0 Å². The molecule has 17 heavy (non-hydrogen) atoms. The lowest BCUT2D eigenvalue weighted by molar-refractivity contribution is -0.121. The van der Waals surface area contributed by atoms with E-state index in [0.29, 0.717) is 12.5 Å². The van der Waals surface area contributed by atoms with Crippen molar-refractivity contribution in [3.8, 4) is 0 Å². The molecule has 0 spiro atoms. The first-order valence-corrected chi connectivity index (χ1v) is 7.34. The Kier molecular flexibility index (Phi) is 5.30. The Balaban J connectivity index is 1.36. The molecule has 0 aromatic heterocycles. The van der Waals surface area contributed by atoms with Crippen molar-refractivity contribution < 1.29 is 4.79 Å². The predicted octanol–water partition coefficient (Wildman–Crippen LogP) is 2.22. The molecular weight excluding hydrogens is 212 g/mol. The summed E-state index contributed by atoms with van der Waals surface area (Å²) < 4.78 is 0. The number of hydrogen-bond acceptors (Lipinski definition) is 2. The Morgan fingerprint density at radius 1 is 1.06 bits per heavy atom. The molecule has 2 aliphatic rings.